The molecular weight excluding hydrogens is 634 g/mol. The van der Waals surface area contributed by atoms with Crippen LogP contribution in [-0.2, 0) is 20.8 Å². The number of aliphatic hydroxyl groups is 2. The first-order chi connectivity index (χ1) is 24.1. The minimum Gasteiger partial charge on any atom is -0.504 e. The third kappa shape index (κ3) is 9.99. The summed E-state index contributed by atoms with van der Waals surface area (Å²) in [4.78, 5) is 36.8. The van der Waals surface area contributed by atoms with E-state index in [0.717, 1.165) is 61.6 Å². The summed E-state index contributed by atoms with van der Waals surface area (Å²) < 4.78 is 5.37. The molecule has 1 saturated heterocycles. The van der Waals surface area contributed by atoms with Crippen LogP contribution in [0.3, 0.4) is 0 Å². The second-order valence-electron chi connectivity index (χ2n) is 14.8. The van der Waals surface area contributed by atoms with Crippen LogP contribution in [-0.4, -0.2) is 71.6 Å². The molecule has 0 bridgehead atoms. The minimum absolute atomic E-state index is 0.0188. The zero-order valence-electron chi connectivity index (χ0n) is 29.4. The van der Waals surface area contributed by atoms with Crippen molar-refractivity contribution in [1.29, 1.82) is 0 Å². The number of nitrogens with one attached hydrogen (secondary N) is 2. The van der Waals surface area contributed by atoms with Crippen LogP contribution in [0.2, 0.25) is 0 Å². The first kappa shape index (κ1) is 37.6. The van der Waals surface area contributed by atoms with Crippen LogP contribution in [0, 0.1) is 35.5 Å². The average Bonchev–Trinajstić information content (AvgIpc) is 3.16. The molecule has 10 heteroatoms. The molecule has 1 aromatic carbocycles. The number of carbonyl (C=O) groups is 3. The zero-order chi connectivity index (χ0) is 35.6. The molecule has 2 aliphatic carbocycles. The SMILES string of the molecule is COc1cc2c(cc1O)[C@H](CC[C@H](O)C[C@H](CC=O)C1=CCNC(N)=C1)C#C[C@H]([C@H](O)CCCC[C@@H]1CN[C@@H]3CC(=O)CC[C@@H]3C1)C(=O)CC2. The molecular formula is C40H55N3O7. The maximum absolute atomic E-state index is 13.5. The second-order valence-corrected chi connectivity index (χ2v) is 14.8. The highest BCUT2D eigenvalue weighted by molar-refractivity contribution is 5.85. The van der Waals surface area contributed by atoms with Gasteiger partial charge in [-0.1, -0.05) is 30.8 Å². The molecule has 7 N–H and O–H groups in total. The van der Waals surface area contributed by atoms with Crippen LogP contribution < -0.4 is 21.1 Å². The smallest absolute Gasteiger partial charge is 0.160 e. The van der Waals surface area contributed by atoms with Gasteiger partial charge < -0.3 is 41.2 Å². The number of ketones is 2. The monoisotopic (exact) mass is 689 g/mol. The Labute approximate surface area is 296 Å². The summed E-state index contributed by atoms with van der Waals surface area (Å²) in [6.07, 6.45) is 12.0. The van der Waals surface area contributed by atoms with Crippen LogP contribution in [0.15, 0.2) is 35.7 Å². The number of phenolic OH excluding ortho intramolecular Hbond substituents is 1. The number of phenols is 1. The highest BCUT2D eigenvalue weighted by Crippen LogP contribution is 2.38. The van der Waals surface area contributed by atoms with E-state index in [1.54, 1.807) is 12.1 Å². The first-order valence-corrected chi connectivity index (χ1v) is 18.5. The van der Waals surface area contributed by atoms with Crippen LogP contribution in [0.1, 0.15) is 101 Å². The Morgan fingerprint density at radius 2 is 1.94 bits per heavy atom. The van der Waals surface area contributed by atoms with Gasteiger partial charge in [0.05, 0.1) is 25.1 Å². The topological polar surface area (TPSA) is 171 Å². The summed E-state index contributed by atoms with van der Waals surface area (Å²) in [5.41, 5.74) is 8.52. The Morgan fingerprint density at radius 3 is 2.72 bits per heavy atom. The summed E-state index contributed by atoms with van der Waals surface area (Å²) >= 11 is 0. The van der Waals surface area contributed by atoms with Gasteiger partial charge in [0.2, 0.25) is 0 Å². The van der Waals surface area contributed by atoms with Crippen molar-refractivity contribution in [2.45, 2.75) is 114 Å². The molecule has 0 amide bonds. The molecule has 0 spiro atoms. The highest BCUT2D eigenvalue weighted by atomic mass is 16.5. The number of carbonyl (C=O) groups excluding carboxylic acids is 3. The Hall–Kier alpha value is -3.65. The molecule has 272 valence electrons. The van der Waals surface area contributed by atoms with E-state index in [-0.39, 0.29) is 30.3 Å². The van der Waals surface area contributed by atoms with Crippen molar-refractivity contribution < 1.29 is 34.4 Å². The van der Waals surface area contributed by atoms with Crippen molar-refractivity contribution in [3.05, 3.63) is 46.8 Å². The van der Waals surface area contributed by atoms with Crippen molar-refractivity contribution in [2.75, 3.05) is 20.2 Å². The van der Waals surface area contributed by atoms with Crippen molar-refractivity contribution in [3.63, 3.8) is 0 Å². The van der Waals surface area contributed by atoms with Crippen molar-refractivity contribution in [2.24, 2.45) is 29.4 Å². The van der Waals surface area contributed by atoms with Gasteiger partial charge in [-0.3, -0.25) is 9.59 Å². The number of allylic oxidation sites excluding steroid dienone is 2. The van der Waals surface area contributed by atoms with E-state index in [1.165, 1.54) is 7.11 Å². The van der Waals surface area contributed by atoms with Crippen LogP contribution in [0.5, 0.6) is 11.5 Å². The molecule has 50 heavy (non-hydrogen) atoms. The number of ether oxygens (including phenoxy) is 1. The number of aliphatic hydroxyl groups excluding tert-OH is 2. The van der Waals surface area contributed by atoms with Gasteiger partial charge in [0.25, 0.3) is 0 Å². The molecule has 0 unspecified atom stereocenters. The minimum atomic E-state index is -0.883. The lowest BCUT2D eigenvalue weighted by molar-refractivity contribution is -0.124. The number of dihydropyridines is 1. The summed E-state index contributed by atoms with van der Waals surface area (Å²) in [5.74, 6) is 7.30. The molecule has 0 aromatic heterocycles. The number of aldehydes is 1. The van der Waals surface area contributed by atoms with Gasteiger partial charge in [-0.25, -0.2) is 0 Å². The quantitative estimate of drug-likeness (QED) is 0.0900. The largest absolute Gasteiger partial charge is 0.504 e. The average molecular weight is 690 g/mol. The number of hydrogen-bond donors (Lipinski definition) is 6. The van der Waals surface area contributed by atoms with Crippen LogP contribution in [0.25, 0.3) is 0 Å². The lowest BCUT2D eigenvalue weighted by atomic mass is 9.74. The van der Waals surface area contributed by atoms with Crippen molar-refractivity contribution >= 4 is 17.9 Å². The number of hydrogen-bond acceptors (Lipinski definition) is 10. The molecule has 8 atom stereocenters. The van der Waals surface area contributed by atoms with Crippen LogP contribution in [0.4, 0.5) is 0 Å². The number of piperidine rings is 1. The Balaban J connectivity index is 1.23. The highest BCUT2D eigenvalue weighted by Gasteiger charge is 2.35. The fraction of sp³-hybridized carbons (Fsp3) is 0.625. The van der Waals surface area contributed by atoms with E-state index in [2.05, 4.69) is 22.5 Å². The molecule has 4 aliphatic rings. The number of aryl methyl sites for hydroxylation is 1. The van der Waals surface area contributed by atoms with Gasteiger partial charge in [-0.2, -0.15) is 0 Å². The Bertz CT molecular complexity index is 1490. The van der Waals surface area contributed by atoms with E-state index in [1.807, 2.05) is 12.2 Å². The molecule has 10 nitrogen and oxygen atoms in total. The predicted octanol–water partition coefficient (Wildman–Crippen LogP) is 3.95. The van der Waals surface area contributed by atoms with Crippen molar-refractivity contribution in [1.82, 2.24) is 10.6 Å². The molecule has 1 saturated carbocycles. The lowest BCUT2D eigenvalue weighted by Crippen LogP contribution is -2.48. The van der Waals surface area contributed by atoms with E-state index in [0.29, 0.717) is 86.7 Å². The van der Waals surface area contributed by atoms with E-state index < -0.39 is 24.0 Å². The van der Waals surface area contributed by atoms with E-state index in [9.17, 15) is 29.7 Å². The van der Waals surface area contributed by atoms with Crippen molar-refractivity contribution in [3.8, 4) is 23.3 Å². The summed E-state index contributed by atoms with van der Waals surface area (Å²) in [7, 11) is 1.48. The number of nitrogens with two attached hydrogens (primary N) is 1. The molecule has 5 rings (SSSR count). The van der Waals surface area contributed by atoms with Gasteiger partial charge in [0.1, 0.15) is 18.0 Å². The van der Waals surface area contributed by atoms with E-state index >= 15 is 0 Å². The van der Waals surface area contributed by atoms with Crippen LogP contribution >= 0.6 is 0 Å². The third-order valence-electron chi connectivity index (χ3n) is 11.2. The summed E-state index contributed by atoms with van der Waals surface area (Å²) in [6, 6.07) is 3.74. The second kappa shape index (κ2) is 18.0. The summed E-state index contributed by atoms with van der Waals surface area (Å²) in [5, 5.41) is 39.8. The van der Waals surface area contributed by atoms with Gasteiger partial charge in [0, 0.05) is 44.2 Å². The number of aromatic hydroxyl groups is 1. The Morgan fingerprint density at radius 1 is 1.10 bits per heavy atom. The number of benzene rings is 1. The normalized spacial score (nSPS) is 26.9. The fourth-order valence-electron chi connectivity index (χ4n) is 8.37. The molecule has 0 radical (unpaired) electrons. The number of fused-ring (bicyclic) bond motifs is 2. The standard InChI is InChI=1S/C40H55N3O7/c1-50-39-20-29-9-13-37(48)33(36(47)5-3-2-4-25-18-30-7-11-32(46)22-35(30)43-24-25)12-8-26(34(29)23-38(39)49)6-10-31(45)19-28(15-17-44)27-14-16-42-40(41)21-27/h14,17,20-21,23,25-26,28,30-31,33,35-36,42-43,45,47,49H,2-7,9-11,13,15-16,18-19,22,24,41H2,1H3/t25-,26+,28-,30+,31-,33+,35+,36+/m0/s1. The summed E-state index contributed by atoms with van der Waals surface area (Å²) in [6.45, 7) is 1.50. The molecule has 2 fully saturated rings. The number of Topliss-reactive ketones (excluding diaryl/α,β-unsaturated/α-hetero) is 2. The third-order valence-corrected chi connectivity index (χ3v) is 11.2. The number of unbranched alkanes of at least 4 members (excludes halogenated alkanes) is 1. The van der Waals surface area contributed by atoms with Gasteiger partial charge in [-0.05, 0) is 111 Å². The van der Waals surface area contributed by atoms with Gasteiger partial charge in [0.15, 0.2) is 17.3 Å². The lowest BCUT2D eigenvalue weighted by Gasteiger charge is -2.39. The molecule has 1 aromatic rings. The maximum Gasteiger partial charge on any atom is 0.160 e. The maximum atomic E-state index is 13.5. The first-order valence-electron chi connectivity index (χ1n) is 18.5. The fourth-order valence-corrected chi connectivity index (χ4v) is 8.37. The van der Waals surface area contributed by atoms with Gasteiger partial charge >= 0.3 is 0 Å². The van der Waals surface area contributed by atoms with Gasteiger partial charge in [-0.15, -0.1) is 0 Å². The number of rotatable bonds is 15. The Kier molecular flexibility index (Phi) is 13.6. The zero-order valence-corrected chi connectivity index (χ0v) is 29.4. The number of methoxy groups -OCH3 is 1. The molecule has 2 heterocycles. The molecule has 2 aliphatic heterocycles. The predicted molar refractivity (Wildman–Crippen MR) is 191 cm³/mol. The van der Waals surface area contributed by atoms with E-state index in [4.69, 9.17) is 10.5 Å².